The Bertz CT molecular complexity index is 742. The van der Waals surface area contributed by atoms with E-state index < -0.39 is 10.0 Å². The molecule has 114 valence electrons. The van der Waals surface area contributed by atoms with Gasteiger partial charge in [-0.25, -0.2) is 12.7 Å². The fourth-order valence-electron chi connectivity index (χ4n) is 1.83. The molecular weight excluding hydrogens is 314 g/mol. The zero-order valence-corrected chi connectivity index (χ0v) is 13.3. The van der Waals surface area contributed by atoms with Crippen LogP contribution < -0.4 is 0 Å². The number of aromatic nitrogens is 2. The van der Waals surface area contributed by atoms with Gasteiger partial charge in [0.15, 0.2) is 0 Å². The molecular formula is C12H15N3O4S2. The first-order valence-corrected chi connectivity index (χ1v) is 8.38. The van der Waals surface area contributed by atoms with Crippen LogP contribution in [0.1, 0.15) is 12.8 Å². The molecule has 1 aromatic carbocycles. The minimum atomic E-state index is -3.65. The number of nitrogens with zero attached hydrogens (tertiary/aromatic N) is 3. The van der Waals surface area contributed by atoms with Gasteiger partial charge in [0.25, 0.3) is 0 Å². The summed E-state index contributed by atoms with van der Waals surface area (Å²) in [6, 6.07) is 4.86. The fourth-order valence-corrected chi connectivity index (χ4v) is 3.78. The third-order valence-electron chi connectivity index (χ3n) is 3.02. The van der Waals surface area contributed by atoms with Crippen LogP contribution >= 0.6 is 11.7 Å². The van der Waals surface area contributed by atoms with Crippen LogP contribution in [0.5, 0.6) is 0 Å². The largest absolute Gasteiger partial charge is 0.469 e. The van der Waals surface area contributed by atoms with Crippen molar-refractivity contribution in [1.29, 1.82) is 0 Å². The summed E-state index contributed by atoms with van der Waals surface area (Å²) in [5, 5.41) is 0. The number of benzene rings is 1. The molecule has 0 N–H and O–H groups in total. The van der Waals surface area contributed by atoms with Crippen LogP contribution in [0.3, 0.4) is 0 Å². The Balaban J connectivity index is 2.17. The van der Waals surface area contributed by atoms with E-state index in [0.717, 1.165) is 11.7 Å². The summed E-state index contributed by atoms with van der Waals surface area (Å²) >= 11 is 0.975. The van der Waals surface area contributed by atoms with Crippen LogP contribution in [0.25, 0.3) is 11.0 Å². The zero-order valence-electron chi connectivity index (χ0n) is 11.6. The minimum absolute atomic E-state index is 0.134. The first kappa shape index (κ1) is 15.8. The van der Waals surface area contributed by atoms with Crippen molar-refractivity contribution in [3.63, 3.8) is 0 Å². The van der Waals surface area contributed by atoms with E-state index in [1.165, 1.54) is 24.5 Å². The van der Waals surface area contributed by atoms with Gasteiger partial charge in [-0.2, -0.15) is 8.75 Å². The van der Waals surface area contributed by atoms with E-state index in [9.17, 15) is 13.2 Å². The van der Waals surface area contributed by atoms with Gasteiger partial charge in [0.2, 0.25) is 10.0 Å². The second kappa shape index (κ2) is 6.46. The number of carbonyl (C=O) groups is 1. The van der Waals surface area contributed by atoms with Gasteiger partial charge in [0, 0.05) is 20.0 Å². The van der Waals surface area contributed by atoms with E-state index in [1.807, 2.05) is 0 Å². The number of methoxy groups -OCH3 is 1. The maximum atomic E-state index is 12.5. The molecule has 0 fully saturated rings. The Morgan fingerprint density at radius 2 is 2.14 bits per heavy atom. The molecule has 0 aliphatic carbocycles. The fraction of sp³-hybridized carbons (Fsp3) is 0.417. The van der Waals surface area contributed by atoms with Crippen molar-refractivity contribution in [2.75, 3.05) is 20.7 Å². The molecule has 2 rings (SSSR count). The first-order chi connectivity index (χ1) is 9.96. The predicted molar refractivity (Wildman–Crippen MR) is 78.5 cm³/mol. The van der Waals surface area contributed by atoms with Gasteiger partial charge in [-0.05, 0) is 18.6 Å². The standard InChI is InChI=1S/C12H15N3O4S2/c1-15(8-4-7-11(16)19-2)21(17,18)10-6-3-5-9-12(10)14-20-13-9/h3,5-6H,4,7-8H2,1-2H3. The quantitative estimate of drug-likeness (QED) is 0.741. The number of carbonyl (C=O) groups excluding carboxylic acids is 1. The van der Waals surface area contributed by atoms with Crippen LogP contribution in [0.4, 0.5) is 0 Å². The van der Waals surface area contributed by atoms with Gasteiger partial charge in [0.1, 0.15) is 15.9 Å². The summed E-state index contributed by atoms with van der Waals surface area (Å²) < 4.78 is 38.9. The van der Waals surface area contributed by atoms with Gasteiger partial charge in [0.05, 0.1) is 18.8 Å². The highest BCUT2D eigenvalue weighted by molar-refractivity contribution is 7.89. The van der Waals surface area contributed by atoms with Crippen molar-refractivity contribution in [2.24, 2.45) is 0 Å². The molecule has 0 amide bonds. The van der Waals surface area contributed by atoms with E-state index in [0.29, 0.717) is 17.5 Å². The predicted octanol–water partition coefficient (Wildman–Crippen LogP) is 1.27. The van der Waals surface area contributed by atoms with Gasteiger partial charge in [-0.1, -0.05) is 6.07 Å². The molecule has 0 bridgehead atoms. The van der Waals surface area contributed by atoms with Crippen LogP contribution in [-0.2, 0) is 19.6 Å². The molecule has 7 nitrogen and oxygen atoms in total. The monoisotopic (exact) mass is 329 g/mol. The number of sulfonamides is 1. The first-order valence-electron chi connectivity index (χ1n) is 6.21. The lowest BCUT2D eigenvalue weighted by Gasteiger charge is -2.16. The summed E-state index contributed by atoms with van der Waals surface area (Å²) in [7, 11) is -0.873. The van der Waals surface area contributed by atoms with Crippen molar-refractivity contribution < 1.29 is 17.9 Å². The molecule has 0 aliphatic heterocycles. The third kappa shape index (κ3) is 3.36. The Morgan fingerprint density at radius 3 is 2.86 bits per heavy atom. The van der Waals surface area contributed by atoms with Gasteiger partial charge >= 0.3 is 5.97 Å². The molecule has 21 heavy (non-hydrogen) atoms. The summed E-state index contributed by atoms with van der Waals surface area (Å²) in [4.78, 5) is 11.2. The number of fused-ring (bicyclic) bond motifs is 1. The van der Waals surface area contributed by atoms with Gasteiger partial charge in [-0.3, -0.25) is 4.79 Å². The number of rotatable bonds is 6. The Hall–Kier alpha value is -1.58. The second-order valence-corrected chi connectivity index (χ2v) is 6.94. The minimum Gasteiger partial charge on any atom is -0.469 e. The third-order valence-corrected chi connectivity index (χ3v) is 5.45. The van der Waals surface area contributed by atoms with E-state index in [4.69, 9.17) is 0 Å². The zero-order chi connectivity index (χ0) is 15.5. The lowest BCUT2D eigenvalue weighted by atomic mass is 10.3. The molecule has 1 heterocycles. The van der Waals surface area contributed by atoms with Gasteiger partial charge < -0.3 is 4.74 Å². The number of hydrogen-bond acceptors (Lipinski definition) is 7. The molecule has 0 atom stereocenters. The van der Waals surface area contributed by atoms with Crippen molar-refractivity contribution in [2.45, 2.75) is 17.7 Å². The van der Waals surface area contributed by atoms with Crippen LogP contribution in [0.2, 0.25) is 0 Å². The summed E-state index contributed by atoms with van der Waals surface area (Å²) in [6.45, 7) is 0.228. The average Bonchev–Trinajstić information content (AvgIpc) is 2.94. The van der Waals surface area contributed by atoms with E-state index >= 15 is 0 Å². The van der Waals surface area contributed by atoms with Crippen molar-refractivity contribution in [3.05, 3.63) is 18.2 Å². The number of ether oxygens (including phenoxy) is 1. The van der Waals surface area contributed by atoms with Crippen LogP contribution in [0.15, 0.2) is 23.1 Å². The Kier molecular flexibility index (Phi) is 4.86. The van der Waals surface area contributed by atoms with Crippen LogP contribution in [0, 0.1) is 0 Å². The molecule has 0 saturated heterocycles. The van der Waals surface area contributed by atoms with E-state index in [-0.39, 0.29) is 23.8 Å². The molecule has 0 radical (unpaired) electrons. The van der Waals surface area contributed by atoms with Crippen LogP contribution in [-0.4, -0.2) is 48.1 Å². The lowest BCUT2D eigenvalue weighted by Crippen LogP contribution is -2.28. The Labute approximate surface area is 126 Å². The number of hydrogen-bond donors (Lipinski definition) is 0. The summed E-state index contributed by atoms with van der Waals surface area (Å²) in [5.41, 5.74) is 0.936. The van der Waals surface area contributed by atoms with E-state index in [1.54, 1.807) is 12.1 Å². The van der Waals surface area contributed by atoms with Gasteiger partial charge in [-0.15, -0.1) is 0 Å². The molecule has 0 saturated carbocycles. The molecule has 9 heteroatoms. The van der Waals surface area contributed by atoms with Crippen molar-refractivity contribution in [3.8, 4) is 0 Å². The Morgan fingerprint density at radius 1 is 1.38 bits per heavy atom. The maximum absolute atomic E-state index is 12.5. The van der Waals surface area contributed by atoms with Crippen molar-refractivity contribution >= 4 is 38.8 Å². The molecule has 0 spiro atoms. The normalized spacial score (nSPS) is 12.0. The second-order valence-electron chi connectivity index (χ2n) is 4.39. The lowest BCUT2D eigenvalue weighted by molar-refractivity contribution is -0.140. The molecule has 0 aliphatic rings. The molecule has 0 unspecified atom stereocenters. The summed E-state index contributed by atoms with van der Waals surface area (Å²) in [5.74, 6) is -0.355. The molecule has 1 aromatic heterocycles. The van der Waals surface area contributed by atoms with E-state index in [2.05, 4.69) is 13.5 Å². The highest BCUT2D eigenvalue weighted by Crippen LogP contribution is 2.23. The summed E-state index contributed by atoms with van der Waals surface area (Å²) in [6.07, 6.45) is 0.576. The van der Waals surface area contributed by atoms with Crippen molar-refractivity contribution in [1.82, 2.24) is 13.1 Å². The highest BCUT2D eigenvalue weighted by atomic mass is 32.2. The number of esters is 1. The SMILES string of the molecule is COC(=O)CCCN(C)S(=O)(=O)c1cccc2nsnc12. The topological polar surface area (TPSA) is 89.5 Å². The molecule has 2 aromatic rings. The maximum Gasteiger partial charge on any atom is 0.305 e. The smallest absolute Gasteiger partial charge is 0.305 e. The average molecular weight is 329 g/mol. The highest BCUT2D eigenvalue weighted by Gasteiger charge is 2.24.